The average molecular weight is 269 g/mol. The standard InChI is InChI=1S/C17H23N3/c1-6-14-16(19-10-20-17(14)18-7-2)15-9-12(4)11(3)8-13(15)5/h8-10H,6-7H2,1-5H3,(H,18,19,20). The number of aromatic nitrogens is 2. The summed E-state index contributed by atoms with van der Waals surface area (Å²) < 4.78 is 0. The molecule has 0 aliphatic heterocycles. The van der Waals surface area contributed by atoms with Crippen molar-refractivity contribution >= 4 is 5.82 Å². The van der Waals surface area contributed by atoms with Gasteiger partial charge in [-0.1, -0.05) is 13.0 Å². The van der Waals surface area contributed by atoms with E-state index in [1.54, 1.807) is 6.33 Å². The Balaban J connectivity index is 2.63. The van der Waals surface area contributed by atoms with Crippen LogP contribution in [0.25, 0.3) is 11.3 Å². The smallest absolute Gasteiger partial charge is 0.133 e. The summed E-state index contributed by atoms with van der Waals surface area (Å²) in [7, 11) is 0. The molecule has 0 aliphatic rings. The minimum atomic E-state index is 0.870. The second kappa shape index (κ2) is 6.04. The Hall–Kier alpha value is -1.90. The lowest BCUT2D eigenvalue weighted by molar-refractivity contribution is 1.03. The minimum Gasteiger partial charge on any atom is -0.370 e. The molecule has 0 unspecified atom stereocenters. The summed E-state index contributed by atoms with van der Waals surface area (Å²) in [5, 5.41) is 3.33. The summed E-state index contributed by atoms with van der Waals surface area (Å²) in [5.74, 6) is 0.956. The lowest BCUT2D eigenvalue weighted by Crippen LogP contribution is -2.06. The van der Waals surface area contributed by atoms with Crippen molar-refractivity contribution in [2.24, 2.45) is 0 Å². The lowest BCUT2D eigenvalue weighted by Gasteiger charge is -2.15. The molecule has 0 saturated heterocycles. The summed E-state index contributed by atoms with van der Waals surface area (Å²) >= 11 is 0. The first-order valence-corrected chi connectivity index (χ1v) is 7.24. The SMILES string of the molecule is CCNc1ncnc(-c2cc(C)c(C)cc2C)c1CC. The van der Waals surface area contributed by atoms with E-state index < -0.39 is 0 Å². The molecule has 0 aliphatic carbocycles. The number of hydrogen-bond acceptors (Lipinski definition) is 3. The van der Waals surface area contributed by atoms with Gasteiger partial charge >= 0.3 is 0 Å². The molecule has 0 atom stereocenters. The van der Waals surface area contributed by atoms with Crippen molar-refractivity contribution in [3.05, 3.63) is 40.7 Å². The molecule has 0 fully saturated rings. The van der Waals surface area contributed by atoms with Gasteiger partial charge in [0.15, 0.2) is 0 Å². The van der Waals surface area contributed by atoms with Crippen LogP contribution in [-0.2, 0) is 6.42 Å². The van der Waals surface area contributed by atoms with Crippen LogP contribution in [0.3, 0.4) is 0 Å². The Morgan fingerprint density at radius 2 is 1.65 bits per heavy atom. The molecule has 0 amide bonds. The molecule has 0 saturated carbocycles. The molecule has 0 bridgehead atoms. The molecule has 1 N–H and O–H groups in total. The van der Waals surface area contributed by atoms with E-state index in [1.165, 1.54) is 27.8 Å². The summed E-state index contributed by atoms with van der Waals surface area (Å²) in [5.41, 5.74) is 7.36. The predicted octanol–water partition coefficient (Wildman–Crippen LogP) is 4.06. The molecule has 0 radical (unpaired) electrons. The molecule has 3 nitrogen and oxygen atoms in total. The number of benzene rings is 1. The molecule has 2 aromatic rings. The Kier molecular flexibility index (Phi) is 4.38. The zero-order valence-corrected chi connectivity index (χ0v) is 13.0. The second-order valence-electron chi connectivity index (χ2n) is 5.18. The van der Waals surface area contributed by atoms with E-state index in [0.29, 0.717) is 0 Å². The Morgan fingerprint density at radius 1 is 0.950 bits per heavy atom. The first-order chi connectivity index (χ1) is 9.58. The average Bonchev–Trinajstić information content (AvgIpc) is 2.43. The molecule has 2 rings (SSSR count). The highest BCUT2D eigenvalue weighted by Gasteiger charge is 2.13. The van der Waals surface area contributed by atoms with Crippen molar-refractivity contribution in [1.29, 1.82) is 0 Å². The summed E-state index contributed by atoms with van der Waals surface area (Å²) in [6.45, 7) is 11.6. The van der Waals surface area contributed by atoms with Gasteiger partial charge < -0.3 is 5.32 Å². The van der Waals surface area contributed by atoms with Gasteiger partial charge in [-0.3, -0.25) is 0 Å². The summed E-state index contributed by atoms with van der Waals surface area (Å²) in [6.07, 6.45) is 2.58. The van der Waals surface area contributed by atoms with Crippen molar-refractivity contribution < 1.29 is 0 Å². The van der Waals surface area contributed by atoms with Crippen LogP contribution in [0.15, 0.2) is 18.5 Å². The van der Waals surface area contributed by atoms with E-state index in [0.717, 1.165) is 24.5 Å². The molecule has 1 heterocycles. The quantitative estimate of drug-likeness (QED) is 0.909. The number of aryl methyl sites for hydroxylation is 3. The summed E-state index contributed by atoms with van der Waals surface area (Å²) in [6, 6.07) is 4.47. The molecule has 0 spiro atoms. The first kappa shape index (κ1) is 14.5. The van der Waals surface area contributed by atoms with Gasteiger partial charge in [-0.05, 0) is 56.9 Å². The van der Waals surface area contributed by atoms with E-state index in [9.17, 15) is 0 Å². The number of hydrogen-bond donors (Lipinski definition) is 1. The molecule has 106 valence electrons. The van der Waals surface area contributed by atoms with Crippen LogP contribution in [0.1, 0.15) is 36.1 Å². The predicted molar refractivity (Wildman–Crippen MR) is 85.2 cm³/mol. The van der Waals surface area contributed by atoms with Crippen LogP contribution in [0.4, 0.5) is 5.82 Å². The van der Waals surface area contributed by atoms with Crippen molar-refractivity contribution in [2.75, 3.05) is 11.9 Å². The minimum absolute atomic E-state index is 0.870. The van der Waals surface area contributed by atoms with Crippen LogP contribution < -0.4 is 5.32 Å². The first-order valence-electron chi connectivity index (χ1n) is 7.24. The highest BCUT2D eigenvalue weighted by molar-refractivity contribution is 5.72. The monoisotopic (exact) mass is 269 g/mol. The third-order valence-electron chi connectivity index (χ3n) is 3.74. The topological polar surface area (TPSA) is 37.8 Å². The van der Waals surface area contributed by atoms with Gasteiger partial charge in [0.2, 0.25) is 0 Å². The fourth-order valence-corrected chi connectivity index (χ4v) is 2.51. The number of nitrogens with one attached hydrogen (secondary N) is 1. The Morgan fingerprint density at radius 3 is 2.30 bits per heavy atom. The van der Waals surface area contributed by atoms with E-state index in [-0.39, 0.29) is 0 Å². The van der Waals surface area contributed by atoms with Gasteiger partial charge in [-0.15, -0.1) is 0 Å². The van der Waals surface area contributed by atoms with Crippen LogP contribution in [0.5, 0.6) is 0 Å². The van der Waals surface area contributed by atoms with Crippen LogP contribution in [-0.4, -0.2) is 16.5 Å². The van der Waals surface area contributed by atoms with Gasteiger partial charge in [-0.2, -0.15) is 0 Å². The van der Waals surface area contributed by atoms with Gasteiger partial charge in [0.1, 0.15) is 12.1 Å². The highest BCUT2D eigenvalue weighted by atomic mass is 15.0. The molecular formula is C17H23N3. The number of rotatable bonds is 4. The van der Waals surface area contributed by atoms with Gasteiger partial charge in [0.05, 0.1) is 5.69 Å². The van der Waals surface area contributed by atoms with Gasteiger partial charge in [0.25, 0.3) is 0 Å². The van der Waals surface area contributed by atoms with Crippen molar-refractivity contribution in [3.63, 3.8) is 0 Å². The molecule has 3 heteroatoms. The molecule has 1 aromatic carbocycles. The zero-order chi connectivity index (χ0) is 14.7. The van der Waals surface area contributed by atoms with Crippen LogP contribution in [0.2, 0.25) is 0 Å². The number of nitrogens with zero attached hydrogens (tertiary/aromatic N) is 2. The maximum Gasteiger partial charge on any atom is 0.133 e. The second-order valence-corrected chi connectivity index (χ2v) is 5.18. The maximum absolute atomic E-state index is 4.54. The Labute approximate surface area is 121 Å². The summed E-state index contributed by atoms with van der Waals surface area (Å²) in [4.78, 5) is 8.92. The third-order valence-corrected chi connectivity index (χ3v) is 3.74. The van der Waals surface area contributed by atoms with Crippen LogP contribution >= 0.6 is 0 Å². The van der Waals surface area contributed by atoms with E-state index >= 15 is 0 Å². The fraction of sp³-hybridized carbons (Fsp3) is 0.412. The molecule has 1 aromatic heterocycles. The largest absolute Gasteiger partial charge is 0.370 e. The van der Waals surface area contributed by atoms with E-state index in [1.807, 2.05) is 0 Å². The number of anilines is 1. The van der Waals surface area contributed by atoms with Crippen molar-refractivity contribution in [3.8, 4) is 11.3 Å². The normalized spacial score (nSPS) is 10.7. The van der Waals surface area contributed by atoms with E-state index in [2.05, 4.69) is 62.0 Å². The van der Waals surface area contributed by atoms with Crippen molar-refractivity contribution in [2.45, 2.75) is 41.0 Å². The van der Waals surface area contributed by atoms with Gasteiger partial charge in [0, 0.05) is 17.7 Å². The van der Waals surface area contributed by atoms with E-state index in [4.69, 9.17) is 0 Å². The van der Waals surface area contributed by atoms with Crippen molar-refractivity contribution in [1.82, 2.24) is 9.97 Å². The third kappa shape index (κ3) is 2.67. The molecular weight excluding hydrogens is 246 g/mol. The van der Waals surface area contributed by atoms with Gasteiger partial charge in [-0.25, -0.2) is 9.97 Å². The fourth-order valence-electron chi connectivity index (χ4n) is 2.51. The lowest BCUT2D eigenvalue weighted by atomic mass is 9.95. The maximum atomic E-state index is 4.54. The Bertz CT molecular complexity index is 618. The zero-order valence-electron chi connectivity index (χ0n) is 13.0. The molecule has 20 heavy (non-hydrogen) atoms. The van der Waals surface area contributed by atoms with Crippen LogP contribution in [0, 0.1) is 20.8 Å². The highest BCUT2D eigenvalue weighted by Crippen LogP contribution is 2.30.